The highest BCUT2D eigenvalue weighted by molar-refractivity contribution is 8.00. The average Bonchev–Trinajstić information content (AvgIpc) is 2.42. The van der Waals surface area contributed by atoms with Crippen molar-refractivity contribution < 1.29 is 0 Å². The van der Waals surface area contributed by atoms with Crippen molar-refractivity contribution in [3.05, 3.63) is 0 Å². The highest BCUT2D eigenvalue weighted by Crippen LogP contribution is 2.27. The van der Waals surface area contributed by atoms with E-state index in [0.29, 0.717) is 29.1 Å². The summed E-state index contributed by atoms with van der Waals surface area (Å²) < 4.78 is 0. The van der Waals surface area contributed by atoms with E-state index in [9.17, 15) is 0 Å². The van der Waals surface area contributed by atoms with Crippen molar-refractivity contribution in [3.63, 3.8) is 0 Å². The van der Waals surface area contributed by atoms with Gasteiger partial charge in [0.05, 0.1) is 0 Å². The van der Waals surface area contributed by atoms with Crippen LogP contribution in [0.1, 0.15) is 27.7 Å². The van der Waals surface area contributed by atoms with E-state index < -0.39 is 0 Å². The Balaban J connectivity index is 2.31. The van der Waals surface area contributed by atoms with Gasteiger partial charge in [-0.15, -0.1) is 0 Å². The molecule has 7 heteroatoms. The van der Waals surface area contributed by atoms with E-state index >= 15 is 0 Å². The van der Waals surface area contributed by atoms with Crippen molar-refractivity contribution in [3.8, 4) is 0 Å². The van der Waals surface area contributed by atoms with Crippen molar-refractivity contribution in [2.75, 3.05) is 40.9 Å². The standard InChI is InChI=1S/C13H24N6S/c1-5-18(6-2)12-15-11(14)16-13(17-12)19-7-8-20-10(4)9(19)3/h9-10H,5-8H2,1-4H3,(H2,14,15,16,17). The molecule has 20 heavy (non-hydrogen) atoms. The molecule has 0 amide bonds. The third-order valence-electron chi connectivity index (χ3n) is 3.82. The Kier molecular flexibility index (Phi) is 4.91. The van der Waals surface area contributed by atoms with E-state index in [1.54, 1.807) is 0 Å². The zero-order valence-electron chi connectivity index (χ0n) is 12.7. The van der Waals surface area contributed by atoms with E-state index in [1.807, 2.05) is 11.8 Å². The van der Waals surface area contributed by atoms with E-state index in [0.717, 1.165) is 25.4 Å². The van der Waals surface area contributed by atoms with Crippen LogP contribution in [0.4, 0.5) is 17.8 Å². The molecule has 2 atom stereocenters. The third kappa shape index (κ3) is 3.08. The first-order chi connectivity index (χ1) is 9.56. The average molecular weight is 296 g/mol. The smallest absolute Gasteiger partial charge is 0.232 e. The molecule has 2 rings (SSSR count). The SMILES string of the molecule is CCN(CC)c1nc(N)nc(N2CCSC(C)C2C)n1. The van der Waals surface area contributed by atoms with E-state index in [4.69, 9.17) is 5.73 Å². The number of hydrogen-bond donors (Lipinski definition) is 1. The van der Waals surface area contributed by atoms with Crippen LogP contribution in [0.15, 0.2) is 0 Å². The van der Waals surface area contributed by atoms with Gasteiger partial charge in [-0.3, -0.25) is 0 Å². The van der Waals surface area contributed by atoms with Crippen LogP contribution >= 0.6 is 11.8 Å². The predicted octanol–water partition coefficient (Wildman–Crippen LogP) is 1.63. The maximum absolute atomic E-state index is 5.87. The lowest BCUT2D eigenvalue weighted by atomic mass is 10.2. The summed E-state index contributed by atoms with van der Waals surface area (Å²) in [6.45, 7) is 11.3. The number of hydrogen-bond acceptors (Lipinski definition) is 7. The molecule has 112 valence electrons. The van der Waals surface area contributed by atoms with Gasteiger partial charge in [-0.25, -0.2) is 0 Å². The van der Waals surface area contributed by atoms with Crippen LogP contribution in [0.25, 0.3) is 0 Å². The highest BCUT2D eigenvalue weighted by atomic mass is 32.2. The first-order valence-electron chi connectivity index (χ1n) is 7.21. The Labute approximate surface area is 125 Å². The first-order valence-corrected chi connectivity index (χ1v) is 8.26. The van der Waals surface area contributed by atoms with Gasteiger partial charge in [0, 0.05) is 36.7 Å². The quantitative estimate of drug-likeness (QED) is 0.905. The van der Waals surface area contributed by atoms with E-state index in [1.165, 1.54) is 0 Å². The van der Waals surface area contributed by atoms with Crippen LogP contribution in [0, 0.1) is 0 Å². The number of rotatable bonds is 4. The summed E-state index contributed by atoms with van der Waals surface area (Å²) in [5.41, 5.74) is 5.87. The van der Waals surface area contributed by atoms with Crippen LogP contribution < -0.4 is 15.5 Å². The molecule has 0 radical (unpaired) electrons. The molecule has 0 aliphatic carbocycles. The number of anilines is 3. The molecule has 0 aromatic carbocycles. The zero-order valence-corrected chi connectivity index (χ0v) is 13.5. The molecule has 0 bridgehead atoms. The molecule has 1 aliphatic heterocycles. The third-order valence-corrected chi connectivity index (χ3v) is 5.15. The Morgan fingerprint density at radius 2 is 1.95 bits per heavy atom. The molecule has 1 aromatic heterocycles. The lowest BCUT2D eigenvalue weighted by Gasteiger charge is -2.37. The van der Waals surface area contributed by atoms with Gasteiger partial charge in [0.25, 0.3) is 0 Å². The van der Waals surface area contributed by atoms with Crippen molar-refractivity contribution >= 4 is 29.6 Å². The lowest BCUT2D eigenvalue weighted by molar-refractivity contribution is 0.610. The number of thioether (sulfide) groups is 1. The maximum Gasteiger partial charge on any atom is 0.232 e. The molecule has 0 saturated carbocycles. The van der Waals surface area contributed by atoms with Crippen molar-refractivity contribution in [1.29, 1.82) is 0 Å². The molecule has 1 aliphatic rings. The van der Waals surface area contributed by atoms with E-state index in [-0.39, 0.29) is 0 Å². The van der Waals surface area contributed by atoms with Gasteiger partial charge in [0.1, 0.15) is 0 Å². The summed E-state index contributed by atoms with van der Waals surface area (Å²) in [4.78, 5) is 17.6. The first kappa shape index (κ1) is 15.2. The monoisotopic (exact) mass is 296 g/mol. The van der Waals surface area contributed by atoms with Gasteiger partial charge in [-0.1, -0.05) is 6.92 Å². The minimum absolute atomic E-state index is 0.301. The van der Waals surface area contributed by atoms with Crippen LogP contribution in [-0.4, -0.2) is 51.6 Å². The highest BCUT2D eigenvalue weighted by Gasteiger charge is 2.28. The molecule has 1 fully saturated rings. The second-order valence-corrected chi connectivity index (χ2v) is 6.46. The van der Waals surface area contributed by atoms with Gasteiger partial charge >= 0.3 is 0 Å². The zero-order chi connectivity index (χ0) is 14.7. The van der Waals surface area contributed by atoms with Gasteiger partial charge in [-0.05, 0) is 20.8 Å². The summed E-state index contributed by atoms with van der Waals surface area (Å²) in [5.74, 6) is 2.78. The summed E-state index contributed by atoms with van der Waals surface area (Å²) in [6.07, 6.45) is 0. The molecule has 2 heterocycles. The second kappa shape index (κ2) is 6.47. The number of nitrogens with zero attached hydrogens (tertiary/aromatic N) is 5. The summed E-state index contributed by atoms with van der Waals surface area (Å²) in [7, 11) is 0. The van der Waals surface area contributed by atoms with Crippen molar-refractivity contribution in [2.45, 2.75) is 39.0 Å². The van der Waals surface area contributed by atoms with Crippen molar-refractivity contribution in [1.82, 2.24) is 15.0 Å². The topological polar surface area (TPSA) is 71.2 Å². The fourth-order valence-electron chi connectivity index (χ4n) is 2.36. The Morgan fingerprint density at radius 3 is 2.60 bits per heavy atom. The maximum atomic E-state index is 5.87. The fraction of sp³-hybridized carbons (Fsp3) is 0.769. The normalized spacial score (nSPS) is 22.9. The molecule has 6 nitrogen and oxygen atoms in total. The molecule has 2 unspecified atom stereocenters. The molecule has 2 N–H and O–H groups in total. The minimum Gasteiger partial charge on any atom is -0.368 e. The van der Waals surface area contributed by atoms with Crippen LogP contribution in [0.5, 0.6) is 0 Å². The Hall–Kier alpha value is -1.24. The van der Waals surface area contributed by atoms with Crippen molar-refractivity contribution in [2.24, 2.45) is 0 Å². The largest absolute Gasteiger partial charge is 0.368 e. The molecule has 1 aromatic rings. The molecular formula is C13H24N6S. The molecule has 1 saturated heterocycles. The number of aromatic nitrogens is 3. The van der Waals surface area contributed by atoms with Gasteiger partial charge in [0.15, 0.2) is 0 Å². The molecular weight excluding hydrogens is 272 g/mol. The van der Waals surface area contributed by atoms with Gasteiger partial charge in [0.2, 0.25) is 17.8 Å². The van der Waals surface area contributed by atoms with Crippen LogP contribution in [0.3, 0.4) is 0 Å². The minimum atomic E-state index is 0.301. The van der Waals surface area contributed by atoms with E-state index in [2.05, 4.69) is 52.4 Å². The molecule has 0 spiro atoms. The summed E-state index contributed by atoms with van der Waals surface area (Å²) >= 11 is 1.99. The van der Waals surface area contributed by atoms with Crippen LogP contribution in [-0.2, 0) is 0 Å². The fourth-order valence-corrected chi connectivity index (χ4v) is 3.46. The summed E-state index contributed by atoms with van der Waals surface area (Å²) in [6, 6.07) is 0.403. The van der Waals surface area contributed by atoms with Crippen LogP contribution in [0.2, 0.25) is 0 Å². The Bertz CT molecular complexity index is 450. The second-order valence-electron chi connectivity index (χ2n) is 4.98. The van der Waals surface area contributed by atoms with Gasteiger partial charge < -0.3 is 15.5 Å². The number of nitrogens with two attached hydrogens (primary N) is 1. The Morgan fingerprint density at radius 1 is 1.25 bits per heavy atom. The summed E-state index contributed by atoms with van der Waals surface area (Å²) in [5, 5.41) is 0.568. The number of nitrogen functional groups attached to an aromatic ring is 1. The lowest BCUT2D eigenvalue weighted by Crippen LogP contribution is -2.46. The van der Waals surface area contributed by atoms with Gasteiger partial charge in [-0.2, -0.15) is 26.7 Å². The predicted molar refractivity (Wildman–Crippen MR) is 86.5 cm³/mol.